The van der Waals surface area contributed by atoms with E-state index in [9.17, 15) is 5.11 Å². The van der Waals surface area contributed by atoms with Crippen molar-refractivity contribution in [2.45, 2.75) is 44.4 Å². The van der Waals surface area contributed by atoms with Gasteiger partial charge < -0.3 is 14.6 Å². The van der Waals surface area contributed by atoms with E-state index in [-0.39, 0.29) is 24.9 Å². The Bertz CT molecular complexity index is 434. The van der Waals surface area contributed by atoms with E-state index in [2.05, 4.69) is 17.0 Å². The molecule has 1 aromatic rings. The van der Waals surface area contributed by atoms with Gasteiger partial charge in [0.1, 0.15) is 12.2 Å². The minimum Gasteiger partial charge on any atom is -0.395 e. The van der Waals surface area contributed by atoms with E-state index in [1.807, 2.05) is 32.0 Å². The first-order valence-electron chi connectivity index (χ1n) is 6.83. The molecule has 0 aliphatic carbocycles. The van der Waals surface area contributed by atoms with Crippen LogP contribution in [0.25, 0.3) is 0 Å². The number of nitrogens with zero attached hydrogens (tertiary/aromatic N) is 1. The largest absolute Gasteiger partial charge is 0.395 e. The number of aliphatic hydroxyl groups excluding tert-OH is 1. The average Bonchev–Trinajstić information content (AvgIpc) is 2.81. The highest BCUT2D eigenvalue weighted by Gasteiger charge is 2.51. The summed E-state index contributed by atoms with van der Waals surface area (Å²) >= 11 is 0. The van der Waals surface area contributed by atoms with Crippen LogP contribution in [0.3, 0.4) is 0 Å². The maximum atomic E-state index is 9.65. The van der Waals surface area contributed by atoms with Crippen LogP contribution in [0.4, 0.5) is 0 Å². The van der Waals surface area contributed by atoms with Crippen LogP contribution in [0.5, 0.6) is 0 Å². The van der Waals surface area contributed by atoms with Gasteiger partial charge in [-0.3, -0.25) is 4.90 Å². The molecule has 1 N–H and O–H groups in total. The lowest BCUT2D eigenvalue weighted by molar-refractivity contribution is -0.163. The van der Waals surface area contributed by atoms with Crippen molar-refractivity contribution in [2.75, 3.05) is 13.2 Å². The van der Waals surface area contributed by atoms with Crippen molar-refractivity contribution in [2.24, 2.45) is 0 Å². The summed E-state index contributed by atoms with van der Waals surface area (Å²) < 4.78 is 11.8. The Morgan fingerprint density at radius 3 is 2.68 bits per heavy atom. The predicted molar refractivity (Wildman–Crippen MR) is 71.6 cm³/mol. The standard InChI is InChI=1S/C15H21NO3/c1-15(2)18-13-9-16(12(10-17)14(13)19-15)8-11-6-4-3-5-7-11/h3-7,12-14,17H,8-10H2,1-2H3/t12-,13+,14-/m0/s1. The van der Waals surface area contributed by atoms with E-state index in [0.29, 0.717) is 0 Å². The van der Waals surface area contributed by atoms with Gasteiger partial charge in [0.2, 0.25) is 0 Å². The molecule has 0 amide bonds. The molecule has 3 atom stereocenters. The Morgan fingerprint density at radius 1 is 1.26 bits per heavy atom. The Hall–Kier alpha value is -0.940. The van der Waals surface area contributed by atoms with Crippen molar-refractivity contribution in [3.05, 3.63) is 35.9 Å². The molecule has 0 spiro atoms. The SMILES string of the molecule is CC1(C)O[C@@H]2[C@@H](CN(Cc3ccccc3)[C@H]2CO)O1. The van der Waals surface area contributed by atoms with Gasteiger partial charge in [0.25, 0.3) is 0 Å². The molecule has 0 saturated carbocycles. The highest BCUT2D eigenvalue weighted by Crippen LogP contribution is 2.37. The molecular formula is C15H21NO3. The number of hydrogen-bond acceptors (Lipinski definition) is 4. The summed E-state index contributed by atoms with van der Waals surface area (Å²) in [6.45, 7) is 5.61. The zero-order valence-corrected chi connectivity index (χ0v) is 11.5. The lowest BCUT2D eigenvalue weighted by Crippen LogP contribution is -2.40. The second kappa shape index (κ2) is 4.87. The molecule has 19 heavy (non-hydrogen) atoms. The predicted octanol–water partition coefficient (Wildman–Crippen LogP) is 1.38. The maximum Gasteiger partial charge on any atom is 0.163 e. The van der Waals surface area contributed by atoms with Crippen LogP contribution in [-0.2, 0) is 16.0 Å². The summed E-state index contributed by atoms with van der Waals surface area (Å²) in [7, 11) is 0. The monoisotopic (exact) mass is 263 g/mol. The number of rotatable bonds is 3. The number of fused-ring (bicyclic) bond motifs is 1. The Balaban J connectivity index is 1.72. The molecule has 0 aromatic heterocycles. The molecule has 2 aliphatic heterocycles. The molecule has 4 heteroatoms. The minimum absolute atomic E-state index is 0.0204. The fourth-order valence-corrected chi connectivity index (χ4v) is 3.12. The summed E-state index contributed by atoms with van der Waals surface area (Å²) in [5.74, 6) is -0.526. The van der Waals surface area contributed by atoms with Crippen LogP contribution < -0.4 is 0 Å². The van der Waals surface area contributed by atoms with Crippen molar-refractivity contribution < 1.29 is 14.6 Å². The molecule has 1 aromatic carbocycles. The first kappa shape index (κ1) is 13.1. The topological polar surface area (TPSA) is 41.9 Å². The molecule has 2 heterocycles. The number of aliphatic hydroxyl groups is 1. The van der Waals surface area contributed by atoms with E-state index in [1.54, 1.807) is 0 Å². The number of likely N-dealkylation sites (tertiary alicyclic amines) is 1. The van der Waals surface area contributed by atoms with Crippen LogP contribution in [-0.4, -0.2) is 47.2 Å². The van der Waals surface area contributed by atoms with Crippen LogP contribution in [0.2, 0.25) is 0 Å². The summed E-state index contributed by atoms with van der Waals surface area (Å²) in [5.41, 5.74) is 1.25. The van der Waals surface area contributed by atoms with Gasteiger partial charge >= 0.3 is 0 Å². The fourth-order valence-electron chi connectivity index (χ4n) is 3.12. The van der Waals surface area contributed by atoms with Crippen molar-refractivity contribution >= 4 is 0 Å². The van der Waals surface area contributed by atoms with Gasteiger partial charge in [0.15, 0.2) is 5.79 Å². The quantitative estimate of drug-likeness (QED) is 0.894. The summed E-state index contributed by atoms with van der Waals surface area (Å²) in [6.07, 6.45) is 0.0413. The third-order valence-electron chi connectivity index (χ3n) is 3.90. The summed E-state index contributed by atoms with van der Waals surface area (Å²) in [5, 5.41) is 9.65. The third kappa shape index (κ3) is 2.54. The Kier molecular flexibility index (Phi) is 3.35. The van der Waals surface area contributed by atoms with Crippen molar-refractivity contribution in [1.82, 2.24) is 4.90 Å². The zero-order chi connectivity index (χ0) is 13.5. The lowest BCUT2D eigenvalue weighted by atomic mass is 10.1. The van der Waals surface area contributed by atoms with Gasteiger partial charge in [-0.25, -0.2) is 0 Å². The molecule has 104 valence electrons. The summed E-state index contributed by atoms with van der Waals surface area (Å²) in [6, 6.07) is 10.3. The highest BCUT2D eigenvalue weighted by atomic mass is 16.8. The van der Waals surface area contributed by atoms with Gasteiger partial charge in [0.05, 0.1) is 12.6 Å². The van der Waals surface area contributed by atoms with E-state index >= 15 is 0 Å². The van der Waals surface area contributed by atoms with Crippen molar-refractivity contribution in [1.29, 1.82) is 0 Å². The first-order valence-corrected chi connectivity index (χ1v) is 6.83. The van der Waals surface area contributed by atoms with E-state index in [1.165, 1.54) is 5.56 Å². The maximum absolute atomic E-state index is 9.65. The summed E-state index contributed by atoms with van der Waals surface area (Å²) in [4.78, 5) is 2.25. The van der Waals surface area contributed by atoms with Crippen LogP contribution in [0.15, 0.2) is 30.3 Å². The molecule has 2 fully saturated rings. The highest BCUT2D eigenvalue weighted by molar-refractivity contribution is 5.15. The van der Waals surface area contributed by atoms with Gasteiger partial charge in [-0.05, 0) is 19.4 Å². The van der Waals surface area contributed by atoms with Crippen LogP contribution >= 0.6 is 0 Å². The second-order valence-electron chi connectivity index (χ2n) is 5.80. The molecule has 0 bridgehead atoms. The van der Waals surface area contributed by atoms with Gasteiger partial charge in [-0.15, -0.1) is 0 Å². The fraction of sp³-hybridized carbons (Fsp3) is 0.600. The van der Waals surface area contributed by atoms with Gasteiger partial charge in [-0.2, -0.15) is 0 Å². The van der Waals surface area contributed by atoms with E-state index in [4.69, 9.17) is 9.47 Å². The molecule has 3 rings (SSSR count). The molecular weight excluding hydrogens is 242 g/mol. The number of ether oxygens (including phenoxy) is 2. The number of benzene rings is 1. The number of hydrogen-bond donors (Lipinski definition) is 1. The molecule has 0 unspecified atom stereocenters. The second-order valence-corrected chi connectivity index (χ2v) is 5.80. The van der Waals surface area contributed by atoms with E-state index < -0.39 is 5.79 Å². The van der Waals surface area contributed by atoms with Crippen LogP contribution in [0.1, 0.15) is 19.4 Å². The van der Waals surface area contributed by atoms with Crippen molar-refractivity contribution in [3.63, 3.8) is 0 Å². The van der Waals surface area contributed by atoms with E-state index in [0.717, 1.165) is 13.1 Å². The average molecular weight is 263 g/mol. The first-order chi connectivity index (χ1) is 9.09. The zero-order valence-electron chi connectivity index (χ0n) is 11.5. The third-order valence-corrected chi connectivity index (χ3v) is 3.90. The minimum atomic E-state index is -0.526. The molecule has 4 nitrogen and oxygen atoms in total. The van der Waals surface area contributed by atoms with Gasteiger partial charge in [0, 0.05) is 13.1 Å². The van der Waals surface area contributed by atoms with Crippen LogP contribution in [0, 0.1) is 0 Å². The van der Waals surface area contributed by atoms with Gasteiger partial charge in [-0.1, -0.05) is 30.3 Å². The Morgan fingerprint density at radius 2 is 2.00 bits per heavy atom. The lowest BCUT2D eigenvalue weighted by Gasteiger charge is -2.28. The normalized spacial score (nSPS) is 33.5. The smallest absolute Gasteiger partial charge is 0.163 e. The molecule has 0 radical (unpaired) electrons. The Labute approximate surface area is 113 Å². The van der Waals surface area contributed by atoms with Crippen molar-refractivity contribution in [3.8, 4) is 0 Å². The molecule has 2 aliphatic rings. The molecule has 2 saturated heterocycles.